The summed E-state index contributed by atoms with van der Waals surface area (Å²) in [5.74, 6) is -0.636. The average Bonchev–Trinajstić information content (AvgIpc) is 3.19. The van der Waals surface area contributed by atoms with Gasteiger partial charge in [0, 0.05) is 16.1 Å². The number of nitrogens with two attached hydrogens (primary N) is 1. The number of nitrogens with zero attached hydrogens (tertiary/aromatic N) is 4. The number of alkyl halides is 2. The second-order valence-corrected chi connectivity index (χ2v) is 7.71. The van der Waals surface area contributed by atoms with Crippen LogP contribution in [0.5, 0.6) is 0 Å². The largest absolute Gasteiger partial charge is 0.415 e. The summed E-state index contributed by atoms with van der Waals surface area (Å²) in [6.45, 7) is 0. The maximum absolute atomic E-state index is 13.0. The van der Waals surface area contributed by atoms with Crippen LogP contribution in [0.1, 0.15) is 55.7 Å². The molecule has 2 heterocycles. The molecule has 1 fully saturated rings. The molecule has 1 saturated carbocycles. The third-order valence-corrected chi connectivity index (χ3v) is 5.91. The first kappa shape index (κ1) is 18.9. The number of hydrogen-bond acceptors (Lipinski definition) is 6. The van der Waals surface area contributed by atoms with Gasteiger partial charge in [-0.3, -0.25) is 0 Å². The highest BCUT2D eigenvalue weighted by Crippen LogP contribution is 2.49. The predicted molar refractivity (Wildman–Crippen MR) is 103 cm³/mol. The minimum Gasteiger partial charge on any atom is -0.415 e. The van der Waals surface area contributed by atoms with Gasteiger partial charge in [-0.25, -0.2) is 9.97 Å². The topological polar surface area (TPSA) is 90.7 Å². The maximum Gasteiger partial charge on any atom is 0.314 e. The average molecular weight is 450 g/mol. The molecule has 0 unspecified atom stereocenters. The Morgan fingerprint density at radius 1 is 1.11 bits per heavy atom. The first-order chi connectivity index (χ1) is 13.5. The van der Waals surface area contributed by atoms with Crippen LogP contribution in [0.3, 0.4) is 0 Å². The van der Waals surface area contributed by atoms with Crippen LogP contribution >= 0.6 is 15.9 Å². The highest BCUT2D eigenvalue weighted by Gasteiger charge is 2.41. The van der Waals surface area contributed by atoms with E-state index in [1.807, 2.05) is 18.2 Å². The maximum atomic E-state index is 13.0. The summed E-state index contributed by atoms with van der Waals surface area (Å²) in [6.07, 6.45) is 3.47. The summed E-state index contributed by atoms with van der Waals surface area (Å²) in [5, 5.41) is 7.26. The fourth-order valence-electron chi connectivity index (χ4n) is 3.99. The van der Waals surface area contributed by atoms with E-state index < -0.39 is 17.7 Å². The lowest BCUT2D eigenvalue weighted by Crippen LogP contribution is -2.33. The van der Waals surface area contributed by atoms with E-state index in [1.54, 1.807) is 0 Å². The third kappa shape index (κ3) is 3.28. The van der Waals surface area contributed by atoms with Gasteiger partial charge in [-0.15, -0.1) is 10.2 Å². The van der Waals surface area contributed by atoms with Crippen molar-refractivity contribution in [2.24, 2.45) is 0 Å². The minimum absolute atomic E-state index is 0.0256. The SMILES string of the molecule is Nc1ncc(-c2nnc(C(F)F)o2)c(C2(c3ccccc3Br)CCCCC2)n1. The quantitative estimate of drug-likeness (QED) is 0.598. The lowest BCUT2D eigenvalue weighted by atomic mass is 9.66. The van der Waals surface area contributed by atoms with Crippen LogP contribution in [0.2, 0.25) is 0 Å². The van der Waals surface area contributed by atoms with Gasteiger partial charge in [0.2, 0.25) is 5.95 Å². The van der Waals surface area contributed by atoms with E-state index in [2.05, 4.69) is 42.2 Å². The molecule has 0 radical (unpaired) electrons. The van der Waals surface area contributed by atoms with E-state index in [1.165, 1.54) is 6.20 Å². The van der Waals surface area contributed by atoms with E-state index in [9.17, 15) is 8.78 Å². The molecule has 28 heavy (non-hydrogen) atoms. The summed E-state index contributed by atoms with van der Waals surface area (Å²) < 4.78 is 32.1. The fraction of sp³-hybridized carbons (Fsp3) is 0.368. The summed E-state index contributed by atoms with van der Waals surface area (Å²) in [6, 6.07) is 7.96. The molecule has 4 rings (SSSR count). The van der Waals surface area contributed by atoms with E-state index in [0.717, 1.165) is 42.1 Å². The Morgan fingerprint density at radius 2 is 1.86 bits per heavy atom. The Labute approximate surface area is 168 Å². The van der Waals surface area contributed by atoms with E-state index in [-0.39, 0.29) is 11.8 Å². The van der Waals surface area contributed by atoms with Gasteiger partial charge < -0.3 is 10.2 Å². The van der Waals surface area contributed by atoms with Crippen molar-refractivity contribution in [1.82, 2.24) is 20.2 Å². The van der Waals surface area contributed by atoms with Gasteiger partial charge in [0.15, 0.2) is 0 Å². The van der Waals surface area contributed by atoms with Crippen LogP contribution in [-0.2, 0) is 5.41 Å². The van der Waals surface area contributed by atoms with Crippen molar-refractivity contribution >= 4 is 21.9 Å². The Bertz CT molecular complexity index is 988. The molecule has 0 atom stereocenters. The monoisotopic (exact) mass is 449 g/mol. The van der Waals surface area contributed by atoms with Crippen molar-refractivity contribution in [2.45, 2.75) is 43.9 Å². The van der Waals surface area contributed by atoms with Crippen LogP contribution < -0.4 is 5.73 Å². The first-order valence-corrected chi connectivity index (χ1v) is 9.80. The highest BCUT2D eigenvalue weighted by atomic mass is 79.9. The molecular weight excluding hydrogens is 432 g/mol. The molecule has 0 spiro atoms. The number of nitrogen functional groups attached to an aromatic ring is 1. The van der Waals surface area contributed by atoms with Crippen molar-refractivity contribution < 1.29 is 13.2 Å². The Hall–Kier alpha value is -2.42. The number of hydrogen-bond donors (Lipinski definition) is 1. The standard InChI is InChI=1S/C19H18BrF2N5O/c20-13-7-3-2-6-12(13)19(8-4-1-5-9-19)14-11(10-24-18(23)25-14)16-26-27-17(28-16)15(21)22/h2-3,6-7,10,15H,1,4-5,8-9H2,(H2,23,24,25). The van der Waals surface area contributed by atoms with Crippen molar-refractivity contribution in [3.05, 3.63) is 52.1 Å². The molecule has 1 aliphatic rings. The molecule has 2 N–H and O–H groups in total. The Balaban J connectivity index is 1.94. The van der Waals surface area contributed by atoms with Gasteiger partial charge >= 0.3 is 6.43 Å². The van der Waals surface area contributed by atoms with E-state index >= 15 is 0 Å². The number of anilines is 1. The van der Waals surface area contributed by atoms with Crippen LogP contribution in [0.4, 0.5) is 14.7 Å². The molecule has 0 aliphatic heterocycles. The molecule has 0 amide bonds. The van der Waals surface area contributed by atoms with Gasteiger partial charge in [0.1, 0.15) is 0 Å². The van der Waals surface area contributed by atoms with Crippen molar-refractivity contribution in [2.75, 3.05) is 5.73 Å². The first-order valence-electron chi connectivity index (χ1n) is 9.01. The smallest absolute Gasteiger partial charge is 0.314 e. The van der Waals surface area contributed by atoms with Gasteiger partial charge in [-0.05, 0) is 24.5 Å². The summed E-state index contributed by atoms with van der Waals surface area (Å²) >= 11 is 3.66. The molecule has 3 aromatic rings. The van der Waals surface area contributed by atoms with Gasteiger partial charge in [-0.2, -0.15) is 8.78 Å². The number of benzene rings is 1. The number of rotatable bonds is 4. The lowest BCUT2D eigenvalue weighted by molar-refractivity contribution is 0.116. The zero-order valence-corrected chi connectivity index (χ0v) is 16.5. The Morgan fingerprint density at radius 3 is 2.54 bits per heavy atom. The zero-order chi connectivity index (χ0) is 19.7. The number of halogens is 3. The third-order valence-electron chi connectivity index (χ3n) is 5.21. The molecule has 0 bridgehead atoms. The predicted octanol–water partition coefficient (Wildman–Crippen LogP) is 5.06. The van der Waals surface area contributed by atoms with Gasteiger partial charge in [0.25, 0.3) is 11.8 Å². The second-order valence-electron chi connectivity index (χ2n) is 6.86. The van der Waals surface area contributed by atoms with E-state index in [0.29, 0.717) is 11.3 Å². The second kappa shape index (κ2) is 7.54. The van der Waals surface area contributed by atoms with Crippen LogP contribution in [0, 0.1) is 0 Å². The molecule has 2 aromatic heterocycles. The summed E-state index contributed by atoms with van der Waals surface area (Å²) in [5.41, 5.74) is 7.61. The van der Waals surface area contributed by atoms with Crippen molar-refractivity contribution in [3.63, 3.8) is 0 Å². The molecule has 6 nitrogen and oxygen atoms in total. The molecule has 146 valence electrons. The Kier molecular flexibility index (Phi) is 5.09. The lowest BCUT2D eigenvalue weighted by Gasteiger charge is -2.38. The summed E-state index contributed by atoms with van der Waals surface area (Å²) in [4.78, 5) is 8.60. The normalized spacial score (nSPS) is 16.4. The van der Waals surface area contributed by atoms with Crippen molar-refractivity contribution in [1.29, 1.82) is 0 Å². The van der Waals surface area contributed by atoms with E-state index in [4.69, 9.17) is 10.2 Å². The molecule has 1 aromatic carbocycles. The zero-order valence-electron chi connectivity index (χ0n) is 14.9. The van der Waals surface area contributed by atoms with Crippen molar-refractivity contribution in [3.8, 4) is 11.5 Å². The minimum atomic E-state index is -2.84. The fourth-order valence-corrected chi connectivity index (χ4v) is 4.65. The molecule has 9 heteroatoms. The highest BCUT2D eigenvalue weighted by molar-refractivity contribution is 9.10. The van der Waals surface area contributed by atoms with Crippen LogP contribution in [0.25, 0.3) is 11.5 Å². The van der Waals surface area contributed by atoms with Gasteiger partial charge in [-0.1, -0.05) is 53.4 Å². The molecule has 1 aliphatic carbocycles. The molecule has 0 saturated heterocycles. The number of aromatic nitrogens is 4. The van der Waals surface area contributed by atoms with Gasteiger partial charge in [0.05, 0.1) is 11.3 Å². The van der Waals surface area contributed by atoms with Crippen LogP contribution in [0.15, 0.2) is 39.4 Å². The van der Waals surface area contributed by atoms with Crippen LogP contribution in [-0.4, -0.2) is 20.2 Å². The summed E-state index contributed by atoms with van der Waals surface area (Å²) in [7, 11) is 0. The molecular formula is C19H18BrF2N5O.